The third-order valence-corrected chi connectivity index (χ3v) is 5.55. The van der Waals surface area contributed by atoms with Gasteiger partial charge in [-0.05, 0) is 53.3 Å². The molecular weight excluding hydrogens is 478 g/mol. The molecule has 0 saturated carbocycles. The van der Waals surface area contributed by atoms with E-state index in [2.05, 4.69) is 10.6 Å². The molecule has 11 nitrogen and oxygen atoms in total. The van der Waals surface area contributed by atoms with Gasteiger partial charge in [-0.25, -0.2) is 4.79 Å². The zero-order valence-electron chi connectivity index (χ0n) is 22.5. The number of ether oxygens (including phenoxy) is 1. The van der Waals surface area contributed by atoms with E-state index in [1.165, 1.54) is 11.9 Å². The molecule has 0 heterocycles. The molecule has 1 unspecified atom stereocenters. The quantitative estimate of drug-likeness (QED) is 0.297. The van der Waals surface area contributed by atoms with Gasteiger partial charge in [0.1, 0.15) is 18.2 Å². The predicted octanol–water partition coefficient (Wildman–Crippen LogP) is 1.94. The van der Waals surface area contributed by atoms with Gasteiger partial charge < -0.3 is 30.8 Å². The van der Waals surface area contributed by atoms with Crippen molar-refractivity contribution in [3.05, 3.63) is 29.3 Å². The van der Waals surface area contributed by atoms with Gasteiger partial charge in [0.2, 0.25) is 11.8 Å². The molecule has 4 N–H and O–H groups in total. The Morgan fingerprint density at radius 3 is 2.43 bits per heavy atom. The zero-order chi connectivity index (χ0) is 28.0. The Kier molecular flexibility index (Phi) is 13.5. The maximum atomic E-state index is 12.8. The number of nitrogens with one attached hydrogen (secondary N) is 2. The van der Waals surface area contributed by atoms with Crippen LogP contribution in [0.4, 0.5) is 10.5 Å². The third-order valence-electron chi connectivity index (χ3n) is 5.55. The zero-order valence-corrected chi connectivity index (χ0v) is 22.5. The fourth-order valence-electron chi connectivity index (χ4n) is 3.66. The van der Waals surface area contributed by atoms with Crippen LogP contribution in [-0.4, -0.2) is 85.7 Å². The lowest BCUT2D eigenvalue weighted by molar-refractivity contribution is -0.126. The van der Waals surface area contributed by atoms with Crippen molar-refractivity contribution in [2.45, 2.75) is 64.6 Å². The molecule has 1 atom stereocenters. The highest BCUT2D eigenvalue weighted by Crippen LogP contribution is 2.23. The molecule has 11 heteroatoms. The van der Waals surface area contributed by atoms with Crippen LogP contribution in [0.2, 0.25) is 0 Å². The number of rotatable bonds is 15. The second-order valence-electron chi connectivity index (χ2n) is 9.69. The lowest BCUT2D eigenvalue weighted by atomic mass is 10.0. The van der Waals surface area contributed by atoms with E-state index in [4.69, 9.17) is 10.5 Å². The molecule has 0 bridgehead atoms. The Hall–Kier alpha value is -3.31. The van der Waals surface area contributed by atoms with Crippen LogP contribution in [0.25, 0.3) is 0 Å². The van der Waals surface area contributed by atoms with E-state index in [1.54, 1.807) is 50.9 Å². The SMILES string of the molecule is CNC(=O)C(CCC=O)N(C)Cc1c(C=O)cccc1NC(=O)CCN(CCCN)C(=O)OC(C)(C)C. The number of hydrogen-bond donors (Lipinski definition) is 3. The Bertz CT molecular complexity index is 931. The van der Waals surface area contributed by atoms with Gasteiger partial charge in [0, 0.05) is 56.3 Å². The number of benzene rings is 1. The smallest absolute Gasteiger partial charge is 0.410 e. The summed E-state index contributed by atoms with van der Waals surface area (Å²) in [6, 6.07) is 4.36. The first-order chi connectivity index (χ1) is 17.5. The number of nitrogens with two attached hydrogens (primary N) is 1. The number of aldehydes is 2. The molecular formula is C26H41N5O6. The second-order valence-corrected chi connectivity index (χ2v) is 9.69. The van der Waals surface area contributed by atoms with Crippen LogP contribution in [0.5, 0.6) is 0 Å². The van der Waals surface area contributed by atoms with Crippen LogP contribution in [0.15, 0.2) is 18.2 Å². The van der Waals surface area contributed by atoms with E-state index in [0.29, 0.717) is 49.0 Å². The summed E-state index contributed by atoms with van der Waals surface area (Å²) in [5.41, 5.74) is 6.26. The lowest BCUT2D eigenvalue weighted by Gasteiger charge is -2.28. The average Bonchev–Trinajstić information content (AvgIpc) is 2.83. The van der Waals surface area contributed by atoms with Crippen molar-refractivity contribution >= 4 is 36.2 Å². The van der Waals surface area contributed by atoms with Gasteiger partial charge >= 0.3 is 6.09 Å². The highest BCUT2D eigenvalue weighted by molar-refractivity contribution is 5.93. The molecule has 1 aromatic rings. The maximum absolute atomic E-state index is 12.8. The molecule has 0 fully saturated rings. The van der Waals surface area contributed by atoms with Crippen LogP contribution >= 0.6 is 0 Å². The molecule has 0 saturated heterocycles. The summed E-state index contributed by atoms with van der Waals surface area (Å²) in [4.78, 5) is 63.6. The summed E-state index contributed by atoms with van der Waals surface area (Å²) in [5, 5.41) is 5.42. The summed E-state index contributed by atoms with van der Waals surface area (Å²) in [6.45, 7) is 6.37. The Labute approximate surface area is 219 Å². The van der Waals surface area contributed by atoms with Gasteiger partial charge in [0.25, 0.3) is 0 Å². The van der Waals surface area contributed by atoms with Crippen molar-refractivity contribution in [1.82, 2.24) is 15.1 Å². The Morgan fingerprint density at radius 1 is 1.16 bits per heavy atom. The minimum atomic E-state index is -0.672. The van der Waals surface area contributed by atoms with Crippen molar-refractivity contribution in [2.24, 2.45) is 5.73 Å². The molecule has 1 rings (SSSR count). The fraction of sp³-hybridized carbons (Fsp3) is 0.577. The van der Waals surface area contributed by atoms with Crippen molar-refractivity contribution < 1.29 is 28.7 Å². The van der Waals surface area contributed by atoms with Crippen molar-refractivity contribution in [2.75, 3.05) is 39.0 Å². The van der Waals surface area contributed by atoms with E-state index in [-0.39, 0.29) is 37.7 Å². The maximum Gasteiger partial charge on any atom is 0.410 e. The number of nitrogens with zero attached hydrogens (tertiary/aromatic N) is 2. The van der Waals surface area contributed by atoms with Gasteiger partial charge in [0.05, 0.1) is 6.04 Å². The first-order valence-corrected chi connectivity index (χ1v) is 12.4. The lowest BCUT2D eigenvalue weighted by Crippen LogP contribution is -2.44. The van der Waals surface area contributed by atoms with Gasteiger partial charge in [-0.15, -0.1) is 0 Å². The van der Waals surface area contributed by atoms with Crippen molar-refractivity contribution in [3.63, 3.8) is 0 Å². The van der Waals surface area contributed by atoms with Crippen LogP contribution in [0, 0.1) is 0 Å². The van der Waals surface area contributed by atoms with Gasteiger partial charge in [-0.1, -0.05) is 12.1 Å². The highest BCUT2D eigenvalue weighted by atomic mass is 16.6. The monoisotopic (exact) mass is 519 g/mol. The number of anilines is 1. The first kappa shape index (κ1) is 31.7. The highest BCUT2D eigenvalue weighted by Gasteiger charge is 2.25. The average molecular weight is 520 g/mol. The summed E-state index contributed by atoms with van der Waals surface area (Å²) < 4.78 is 5.44. The molecule has 0 radical (unpaired) electrons. The third kappa shape index (κ3) is 11.1. The minimum Gasteiger partial charge on any atom is -0.444 e. The number of carbonyl (C=O) groups is 5. The van der Waals surface area contributed by atoms with E-state index in [9.17, 15) is 24.0 Å². The topological polar surface area (TPSA) is 151 Å². The van der Waals surface area contributed by atoms with Gasteiger partial charge in [-0.3, -0.25) is 19.3 Å². The second kappa shape index (κ2) is 15.7. The minimum absolute atomic E-state index is 0.00457. The Balaban J connectivity index is 3.03. The van der Waals surface area contributed by atoms with Crippen molar-refractivity contribution in [3.8, 4) is 0 Å². The number of amides is 3. The van der Waals surface area contributed by atoms with E-state index >= 15 is 0 Å². The number of hydrogen-bond acceptors (Lipinski definition) is 8. The normalized spacial score (nSPS) is 12.0. The van der Waals surface area contributed by atoms with Crippen LogP contribution in [-0.2, 0) is 25.7 Å². The molecule has 1 aromatic carbocycles. The van der Waals surface area contributed by atoms with Crippen LogP contribution in [0.3, 0.4) is 0 Å². The molecule has 3 amide bonds. The van der Waals surface area contributed by atoms with Crippen LogP contribution < -0.4 is 16.4 Å². The summed E-state index contributed by atoms with van der Waals surface area (Å²) in [6.07, 6.45) is 2.02. The van der Waals surface area contributed by atoms with Gasteiger partial charge in [0.15, 0.2) is 0 Å². The first-order valence-electron chi connectivity index (χ1n) is 12.4. The number of carbonyl (C=O) groups excluding carboxylic acids is 5. The summed E-state index contributed by atoms with van der Waals surface area (Å²) >= 11 is 0. The molecule has 37 heavy (non-hydrogen) atoms. The largest absolute Gasteiger partial charge is 0.444 e. The van der Waals surface area contributed by atoms with Crippen molar-refractivity contribution in [1.29, 1.82) is 0 Å². The van der Waals surface area contributed by atoms with E-state index in [0.717, 1.165) is 6.29 Å². The van der Waals surface area contributed by atoms with Gasteiger partial charge in [-0.2, -0.15) is 0 Å². The number of likely N-dealkylation sites (N-methyl/N-ethyl adjacent to an activating group) is 2. The Morgan fingerprint density at radius 2 is 1.86 bits per heavy atom. The summed E-state index contributed by atoms with van der Waals surface area (Å²) in [7, 11) is 3.23. The molecule has 0 aliphatic heterocycles. The fourth-order valence-corrected chi connectivity index (χ4v) is 3.66. The molecule has 206 valence electrons. The molecule has 0 spiro atoms. The molecule has 0 aliphatic carbocycles. The standard InChI is InChI=1S/C26H41N5O6/c1-26(2,3)37-25(36)31(14-8-13-27)15-12-23(34)29-21-10-6-9-19(18-33)20(21)17-30(5)22(11-7-16-32)24(35)28-4/h6,9-10,16,18,22H,7-8,11-15,17,27H2,1-5H3,(H,28,35)(H,29,34). The molecule has 0 aromatic heterocycles. The molecule has 0 aliphatic rings. The summed E-state index contributed by atoms with van der Waals surface area (Å²) in [5.74, 6) is -0.602. The predicted molar refractivity (Wildman–Crippen MR) is 141 cm³/mol. The van der Waals surface area contributed by atoms with Crippen LogP contribution in [0.1, 0.15) is 62.4 Å². The van der Waals surface area contributed by atoms with E-state index in [1.807, 2.05) is 0 Å². The van der Waals surface area contributed by atoms with E-state index < -0.39 is 17.7 Å².